The van der Waals surface area contributed by atoms with Crippen LogP contribution in [0.15, 0.2) is 23.8 Å². The summed E-state index contributed by atoms with van der Waals surface area (Å²) < 4.78 is 5.60. The number of aliphatic hydroxyl groups is 2. The Kier molecular flexibility index (Phi) is 8.56. The molecule has 0 aromatic rings. The first-order chi connectivity index (χ1) is 14.5. The van der Waals surface area contributed by atoms with Crippen LogP contribution in [0.25, 0.3) is 0 Å². The van der Waals surface area contributed by atoms with Crippen LogP contribution in [0.2, 0.25) is 0 Å². The Labute approximate surface area is 181 Å². The van der Waals surface area contributed by atoms with Gasteiger partial charge in [0.1, 0.15) is 6.61 Å². The first kappa shape index (κ1) is 23.1. The number of carbonyl (C=O) groups excluding carboxylic acids is 1. The minimum Gasteiger partial charge on any atom is -0.392 e. The SMILES string of the molecule is CC#CC[C@@H](C)[C@H](O)C=C[C@@H]1[C@H]2CC(=CCOCC(=O)N3CCCC3)C[C@H]2C[C@H]1O. The Morgan fingerprint density at radius 3 is 2.83 bits per heavy atom. The fourth-order valence-electron chi connectivity index (χ4n) is 5.14. The van der Waals surface area contributed by atoms with Crippen LogP contribution in [0.1, 0.15) is 52.4 Å². The third-order valence-electron chi connectivity index (χ3n) is 7.00. The first-order valence-electron chi connectivity index (χ1n) is 11.5. The maximum atomic E-state index is 12.0. The normalized spacial score (nSPS) is 31.7. The number of likely N-dealkylation sites (tertiary alicyclic amines) is 1. The molecule has 0 radical (unpaired) electrons. The highest BCUT2D eigenvalue weighted by atomic mass is 16.5. The molecule has 2 N–H and O–H groups in total. The third kappa shape index (κ3) is 5.97. The van der Waals surface area contributed by atoms with Gasteiger partial charge in [0.2, 0.25) is 5.91 Å². The van der Waals surface area contributed by atoms with Gasteiger partial charge in [-0.15, -0.1) is 11.8 Å². The molecule has 0 spiro atoms. The predicted octanol–water partition coefficient (Wildman–Crippen LogP) is 2.93. The Morgan fingerprint density at radius 1 is 1.33 bits per heavy atom. The summed E-state index contributed by atoms with van der Waals surface area (Å²) in [7, 11) is 0. The highest BCUT2D eigenvalue weighted by Gasteiger charge is 2.45. The first-order valence-corrected chi connectivity index (χ1v) is 11.5. The predicted molar refractivity (Wildman–Crippen MR) is 117 cm³/mol. The smallest absolute Gasteiger partial charge is 0.248 e. The van der Waals surface area contributed by atoms with Gasteiger partial charge in [-0.25, -0.2) is 0 Å². The molecule has 1 aliphatic heterocycles. The summed E-state index contributed by atoms with van der Waals surface area (Å²) in [6.07, 6.45) is 10.8. The topological polar surface area (TPSA) is 70.0 Å². The van der Waals surface area contributed by atoms with E-state index in [2.05, 4.69) is 17.9 Å². The van der Waals surface area contributed by atoms with E-state index in [4.69, 9.17) is 4.74 Å². The van der Waals surface area contributed by atoms with E-state index in [1.807, 2.05) is 30.9 Å². The number of nitrogens with zero attached hydrogens (tertiary/aromatic N) is 1. The molecule has 3 fully saturated rings. The number of allylic oxidation sites excluding steroid dienone is 1. The monoisotopic (exact) mass is 415 g/mol. The van der Waals surface area contributed by atoms with Crippen molar-refractivity contribution in [2.45, 2.75) is 64.6 Å². The van der Waals surface area contributed by atoms with Crippen molar-refractivity contribution < 1.29 is 19.7 Å². The van der Waals surface area contributed by atoms with E-state index in [1.165, 1.54) is 5.57 Å². The van der Waals surface area contributed by atoms with Crippen molar-refractivity contribution in [2.75, 3.05) is 26.3 Å². The number of ether oxygens (including phenoxy) is 1. The molecule has 2 aliphatic carbocycles. The van der Waals surface area contributed by atoms with E-state index < -0.39 is 6.10 Å². The fourth-order valence-corrected chi connectivity index (χ4v) is 5.14. The number of aliphatic hydroxyl groups excluding tert-OH is 2. The van der Waals surface area contributed by atoms with Crippen molar-refractivity contribution in [3.05, 3.63) is 23.8 Å². The largest absolute Gasteiger partial charge is 0.392 e. The average Bonchev–Trinajstić information content (AvgIpc) is 3.44. The molecule has 30 heavy (non-hydrogen) atoms. The molecule has 6 atom stereocenters. The molecule has 3 rings (SSSR count). The van der Waals surface area contributed by atoms with Crippen LogP contribution in [-0.4, -0.2) is 59.5 Å². The van der Waals surface area contributed by atoms with Gasteiger partial charge in [0.25, 0.3) is 0 Å². The summed E-state index contributed by atoms with van der Waals surface area (Å²) >= 11 is 0. The minimum atomic E-state index is -0.532. The van der Waals surface area contributed by atoms with Gasteiger partial charge in [0, 0.05) is 25.4 Å². The second kappa shape index (κ2) is 11.1. The van der Waals surface area contributed by atoms with E-state index in [0.29, 0.717) is 24.9 Å². The van der Waals surface area contributed by atoms with E-state index >= 15 is 0 Å². The van der Waals surface area contributed by atoms with E-state index in [-0.39, 0.29) is 30.5 Å². The molecule has 3 aliphatic rings. The van der Waals surface area contributed by atoms with Crippen molar-refractivity contribution in [3.8, 4) is 11.8 Å². The standard InChI is InChI=1S/C25H37NO4/c1-3-4-7-18(2)23(27)9-8-21-22-15-19(14-20(22)16-24(21)28)10-13-30-17-25(29)26-11-5-6-12-26/h8-10,18,20-24,27-28H,5-7,11-17H2,1-2H3/t18-,20+,21-,22+,23-,24-/m1/s1. The molecule has 0 unspecified atom stereocenters. The Morgan fingerprint density at radius 2 is 2.10 bits per heavy atom. The molecule has 166 valence electrons. The molecule has 1 heterocycles. The molecular formula is C25H37NO4. The lowest BCUT2D eigenvalue weighted by molar-refractivity contribution is -0.134. The minimum absolute atomic E-state index is 0.0856. The van der Waals surface area contributed by atoms with Gasteiger partial charge in [-0.1, -0.05) is 30.7 Å². The van der Waals surface area contributed by atoms with Crippen molar-refractivity contribution in [2.24, 2.45) is 23.7 Å². The highest BCUT2D eigenvalue weighted by molar-refractivity contribution is 5.77. The van der Waals surface area contributed by atoms with Crippen molar-refractivity contribution in [3.63, 3.8) is 0 Å². The van der Waals surface area contributed by atoms with Crippen LogP contribution in [0.3, 0.4) is 0 Å². The number of carbonyl (C=O) groups is 1. The lowest BCUT2D eigenvalue weighted by atomic mass is 9.89. The van der Waals surface area contributed by atoms with Gasteiger partial charge in [0.05, 0.1) is 18.8 Å². The molecule has 0 bridgehead atoms. The molecule has 0 aromatic carbocycles. The molecule has 2 saturated carbocycles. The average molecular weight is 416 g/mol. The van der Waals surface area contributed by atoms with Gasteiger partial charge in [-0.2, -0.15) is 0 Å². The summed E-state index contributed by atoms with van der Waals surface area (Å²) in [5.41, 5.74) is 1.37. The Hall–Kier alpha value is -1.61. The van der Waals surface area contributed by atoms with Crippen LogP contribution in [0.4, 0.5) is 0 Å². The summed E-state index contributed by atoms with van der Waals surface area (Å²) in [6, 6.07) is 0. The van der Waals surface area contributed by atoms with Crippen LogP contribution in [0, 0.1) is 35.5 Å². The lowest BCUT2D eigenvalue weighted by Gasteiger charge is -2.19. The number of hydrogen-bond donors (Lipinski definition) is 2. The summed E-state index contributed by atoms with van der Waals surface area (Å²) in [5.74, 6) is 7.08. The highest BCUT2D eigenvalue weighted by Crippen LogP contribution is 2.50. The number of rotatable bonds is 8. The van der Waals surface area contributed by atoms with Gasteiger partial charge in [0.15, 0.2) is 0 Å². The zero-order valence-corrected chi connectivity index (χ0v) is 18.4. The van der Waals surface area contributed by atoms with E-state index in [1.54, 1.807) is 0 Å². The fraction of sp³-hybridized carbons (Fsp3) is 0.720. The number of amides is 1. The quantitative estimate of drug-likeness (QED) is 0.363. The third-order valence-corrected chi connectivity index (χ3v) is 7.00. The molecular weight excluding hydrogens is 378 g/mol. The maximum Gasteiger partial charge on any atom is 0.248 e. The second-order valence-corrected chi connectivity index (χ2v) is 9.16. The molecule has 5 heteroatoms. The summed E-state index contributed by atoms with van der Waals surface area (Å²) in [6.45, 7) is 6.18. The van der Waals surface area contributed by atoms with Gasteiger partial charge in [-0.3, -0.25) is 4.79 Å². The van der Waals surface area contributed by atoms with Gasteiger partial charge in [-0.05, 0) is 56.8 Å². The molecule has 1 amide bonds. The van der Waals surface area contributed by atoms with E-state index in [0.717, 1.165) is 45.2 Å². The van der Waals surface area contributed by atoms with Crippen molar-refractivity contribution >= 4 is 5.91 Å². The summed E-state index contributed by atoms with van der Waals surface area (Å²) in [5, 5.41) is 20.9. The van der Waals surface area contributed by atoms with Crippen LogP contribution >= 0.6 is 0 Å². The van der Waals surface area contributed by atoms with Crippen molar-refractivity contribution in [1.82, 2.24) is 4.90 Å². The van der Waals surface area contributed by atoms with Crippen LogP contribution < -0.4 is 0 Å². The summed E-state index contributed by atoms with van der Waals surface area (Å²) in [4.78, 5) is 13.9. The maximum absolute atomic E-state index is 12.0. The second-order valence-electron chi connectivity index (χ2n) is 9.16. The van der Waals surface area contributed by atoms with E-state index in [9.17, 15) is 15.0 Å². The Bertz CT molecular complexity index is 698. The number of hydrogen-bond acceptors (Lipinski definition) is 4. The zero-order chi connectivity index (χ0) is 21.5. The Balaban J connectivity index is 1.46. The lowest BCUT2D eigenvalue weighted by Crippen LogP contribution is -2.31. The molecule has 1 saturated heterocycles. The van der Waals surface area contributed by atoms with Gasteiger partial charge >= 0.3 is 0 Å². The van der Waals surface area contributed by atoms with Crippen molar-refractivity contribution in [1.29, 1.82) is 0 Å². The van der Waals surface area contributed by atoms with Gasteiger partial charge < -0.3 is 19.8 Å². The number of fused-ring (bicyclic) bond motifs is 1. The van der Waals surface area contributed by atoms with Crippen LogP contribution in [-0.2, 0) is 9.53 Å². The molecule has 0 aromatic heterocycles. The molecule has 5 nitrogen and oxygen atoms in total. The zero-order valence-electron chi connectivity index (χ0n) is 18.4. The van der Waals surface area contributed by atoms with Crippen LogP contribution in [0.5, 0.6) is 0 Å².